The maximum atomic E-state index is 15.1. The summed E-state index contributed by atoms with van der Waals surface area (Å²) < 4.78 is 48.9. The number of benzene rings is 2. The Bertz CT molecular complexity index is 1590. The van der Waals surface area contributed by atoms with Crippen molar-refractivity contribution >= 4 is 50.2 Å². The third kappa shape index (κ3) is 4.89. The quantitative estimate of drug-likeness (QED) is 0.356. The number of nitrogens with zero attached hydrogens (tertiary/aromatic N) is 2. The van der Waals surface area contributed by atoms with E-state index in [1.165, 1.54) is 37.4 Å². The van der Waals surface area contributed by atoms with E-state index in [1.54, 1.807) is 24.5 Å². The zero-order valence-corrected chi connectivity index (χ0v) is 21.7. The first-order valence-electron chi connectivity index (χ1n) is 11.3. The van der Waals surface area contributed by atoms with Crippen LogP contribution < -0.4 is 10.1 Å². The molecule has 0 bridgehead atoms. The van der Waals surface area contributed by atoms with E-state index >= 15 is 4.39 Å². The molecule has 4 aromatic rings. The molecule has 1 amide bonds. The third-order valence-electron chi connectivity index (χ3n) is 6.21. The maximum Gasteiger partial charge on any atom is 0.244 e. The fraction of sp³-hybridized carbons (Fsp3) is 0.200. The summed E-state index contributed by atoms with van der Waals surface area (Å²) in [6.45, 7) is -0.167. The number of pyridine rings is 1. The molecule has 0 spiro atoms. The highest BCUT2D eigenvalue weighted by Gasteiger charge is 2.45. The second-order valence-electron chi connectivity index (χ2n) is 8.53. The van der Waals surface area contributed by atoms with E-state index in [2.05, 4.69) is 15.3 Å². The molecule has 3 heterocycles. The smallest absolute Gasteiger partial charge is 0.244 e. The van der Waals surface area contributed by atoms with Crippen LogP contribution in [0, 0.1) is 5.82 Å². The lowest BCUT2D eigenvalue weighted by Gasteiger charge is -2.22. The Morgan fingerprint density at radius 3 is 2.62 bits per heavy atom. The van der Waals surface area contributed by atoms with Gasteiger partial charge in [0.05, 0.1) is 11.4 Å². The van der Waals surface area contributed by atoms with Crippen LogP contribution in [0.4, 0.5) is 4.39 Å². The molecule has 2 N–H and O–H groups in total. The van der Waals surface area contributed by atoms with Crippen LogP contribution in [0.3, 0.4) is 0 Å². The van der Waals surface area contributed by atoms with E-state index in [1.807, 2.05) is 6.07 Å². The third-order valence-corrected chi connectivity index (χ3v) is 8.49. The fourth-order valence-corrected chi connectivity index (χ4v) is 6.85. The van der Waals surface area contributed by atoms with Crippen LogP contribution in [-0.2, 0) is 14.8 Å². The Labute approximate surface area is 222 Å². The summed E-state index contributed by atoms with van der Waals surface area (Å²) in [6, 6.07) is 11.1. The predicted octanol–water partition coefficient (Wildman–Crippen LogP) is 4.63. The second-order valence-corrected chi connectivity index (χ2v) is 11.3. The number of sulfonamides is 1. The van der Waals surface area contributed by atoms with Crippen LogP contribution in [0.1, 0.15) is 6.42 Å². The van der Waals surface area contributed by atoms with Gasteiger partial charge in [0.1, 0.15) is 17.8 Å². The Balaban J connectivity index is 1.41. The van der Waals surface area contributed by atoms with Crippen molar-refractivity contribution in [3.8, 4) is 16.9 Å². The first kappa shape index (κ1) is 25.5. The predicted molar refractivity (Wildman–Crippen MR) is 139 cm³/mol. The van der Waals surface area contributed by atoms with Crippen molar-refractivity contribution in [3.63, 3.8) is 0 Å². The van der Waals surface area contributed by atoms with E-state index in [0.717, 1.165) is 15.3 Å². The van der Waals surface area contributed by atoms with Gasteiger partial charge < -0.3 is 15.0 Å². The number of aromatic nitrogens is 2. The van der Waals surface area contributed by atoms with Crippen molar-refractivity contribution in [2.45, 2.75) is 23.5 Å². The molecule has 2 atom stereocenters. The van der Waals surface area contributed by atoms with Gasteiger partial charge >= 0.3 is 0 Å². The molecule has 0 saturated carbocycles. The number of carbonyl (C=O) groups is 1. The van der Waals surface area contributed by atoms with E-state index < -0.39 is 33.9 Å². The maximum absolute atomic E-state index is 15.1. The van der Waals surface area contributed by atoms with Gasteiger partial charge in [-0.3, -0.25) is 4.79 Å². The summed E-state index contributed by atoms with van der Waals surface area (Å²) in [5, 5.41) is 3.61. The second kappa shape index (κ2) is 9.94. The van der Waals surface area contributed by atoms with Crippen molar-refractivity contribution < 1.29 is 22.3 Å². The topological polar surface area (TPSA) is 104 Å². The average Bonchev–Trinajstić information content (AvgIpc) is 3.52. The molecule has 1 fully saturated rings. The molecule has 0 radical (unpaired) electrons. The Hall–Kier alpha value is -3.18. The molecule has 1 saturated heterocycles. The number of ether oxygens (including phenoxy) is 1. The molecule has 1 aliphatic heterocycles. The van der Waals surface area contributed by atoms with Crippen molar-refractivity contribution in [2.75, 3.05) is 13.6 Å². The summed E-state index contributed by atoms with van der Waals surface area (Å²) in [5.74, 6) is -1.17. The average molecular weight is 563 g/mol. The number of hydrogen-bond donors (Lipinski definition) is 2. The van der Waals surface area contributed by atoms with Crippen molar-refractivity contribution in [1.82, 2.24) is 19.6 Å². The summed E-state index contributed by atoms with van der Waals surface area (Å²) in [5.41, 5.74) is 2.12. The minimum atomic E-state index is -4.16. The van der Waals surface area contributed by atoms with Gasteiger partial charge in [0, 0.05) is 41.3 Å². The highest BCUT2D eigenvalue weighted by atomic mass is 35.5. The monoisotopic (exact) mass is 562 g/mol. The number of halogens is 3. The minimum Gasteiger partial charge on any atom is -0.486 e. The lowest BCUT2D eigenvalue weighted by molar-refractivity contribution is -0.123. The van der Waals surface area contributed by atoms with Gasteiger partial charge in [0.2, 0.25) is 15.9 Å². The standard InChI is InChI=1S/C25H21Cl2FN4O4S/c1-29-25(33)22-12-17(13-32(22)37(34,35)18-10-15(26)9-16(27)11-18)36-23-3-2-14(8-21(23)28)19-4-6-30-24-20(19)5-7-31-24/h2-11,17,22H,12-13H2,1H3,(H,29,33)(H,30,31)/t17-,22+/m1/s1. The molecule has 8 nitrogen and oxygen atoms in total. The van der Waals surface area contributed by atoms with E-state index in [4.69, 9.17) is 27.9 Å². The first-order chi connectivity index (χ1) is 17.7. The molecule has 12 heteroatoms. The van der Waals surface area contributed by atoms with Gasteiger partial charge in [-0.25, -0.2) is 17.8 Å². The largest absolute Gasteiger partial charge is 0.486 e. The minimum absolute atomic E-state index is 0.0305. The molecule has 0 aliphatic carbocycles. The summed E-state index contributed by atoms with van der Waals surface area (Å²) in [6.07, 6.45) is 2.65. The van der Waals surface area contributed by atoms with Crippen LogP contribution in [0.5, 0.6) is 5.75 Å². The van der Waals surface area contributed by atoms with Gasteiger partial charge in [0.15, 0.2) is 11.6 Å². The lowest BCUT2D eigenvalue weighted by atomic mass is 10.0. The molecule has 192 valence electrons. The summed E-state index contributed by atoms with van der Waals surface area (Å²) in [4.78, 5) is 19.7. The highest BCUT2D eigenvalue weighted by molar-refractivity contribution is 7.89. The van der Waals surface area contributed by atoms with Crippen LogP contribution in [0.15, 0.2) is 65.8 Å². The first-order valence-corrected chi connectivity index (χ1v) is 13.4. The van der Waals surface area contributed by atoms with Gasteiger partial charge in [-0.1, -0.05) is 29.3 Å². The van der Waals surface area contributed by atoms with Crippen molar-refractivity contribution in [3.05, 3.63) is 76.8 Å². The number of aromatic amines is 1. The Kier molecular flexibility index (Phi) is 6.84. The van der Waals surface area contributed by atoms with Crippen molar-refractivity contribution in [2.24, 2.45) is 0 Å². The van der Waals surface area contributed by atoms with E-state index in [-0.39, 0.29) is 33.7 Å². The molecular formula is C25H21Cl2FN4O4S. The van der Waals surface area contributed by atoms with E-state index in [9.17, 15) is 13.2 Å². The fourth-order valence-electron chi connectivity index (χ4n) is 4.49. The summed E-state index contributed by atoms with van der Waals surface area (Å²) >= 11 is 12.0. The molecule has 37 heavy (non-hydrogen) atoms. The zero-order chi connectivity index (χ0) is 26.3. The van der Waals surface area contributed by atoms with Gasteiger partial charge in [-0.15, -0.1) is 0 Å². The zero-order valence-electron chi connectivity index (χ0n) is 19.4. The number of hydrogen-bond acceptors (Lipinski definition) is 5. The number of H-pyrrole nitrogens is 1. The number of amides is 1. The van der Waals surface area contributed by atoms with Gasteiger partial charge in [-0.05, 0) is 53.6 Å². The Morgan fingerprint density at radius 2 is 1.92 bits per heavy atom. The van der Waals surface area contributed by atoms with Crippen LogP contribution in [0.25, 0.3) is 22.2 Å². The summed E-state index contributed by atoms with van der Waals surface area (Å²) in [7, 11) is -2.75. The highest BCUT2D eigenvalue weighted by Crippen LogP contribution is 2.34. The van der Waals surface area contributed by atoms with Gasteiger partial charge in [0.25, 0.3) is 0 Å². The number of rotatable bonds is 6. The Morgan fingerprint density at radius 1 is 1.16 bits per heavy atom. The normalized spacial score (nSPS) is 18.3. The number of fused-ring (bicyclic) bond motifs is 1. The van der Waals surface area contributed by atoms with E-state index in [0.29, 0.717) is 11.2 Å². The van der Waals surface area contributed by atoms with Gasteiger partial charge in [-0.2, -0.15) is 4.31 Å². The molecule has 1 aliphatic rings. The molecule has 2 aromatic carbocycles. The molecule has 2 aromatic heterocycles. The number of likely N-dealkylation sites (N-methyl/N-ethyl adjacent to an activating group) is 1. The SMILES string of the molecule is CNC(=O)[C@@H]1C[C@@H](Oc2ccc(-c3ccnc4[nH]ccc34)cc2F)CN1S(=O)(=O)c1cc(Cl)cc(Cl)c1. The van der Waals surface area contributed by atoms with Crippen LogP contribution in [-0.4, -0.2) is 54.3 Å². The van der Waals surface area contributed by atoms with Crippen LogP contribution in [0.2, 0.25) is 10.0 Å². The lowest BCUT2D eigenvalue weighted by Crippen LogP contribution is -2.44. The van der Waals surface area contributed by atoms with Crippen LogP contribution >= 0.6 is 23.2 Å². The van der Waals surface area contributed by atoms with Crippen molar-refractivity contribution in [1.29, 1.82) is 0 Å². The number of carbonyl (C=O) groups excluding carboxylic acids is 1. The molecule has 5 rings (SSSR count). The number of nitrogens with one attached hydrogen (secondary N) is 2. The molecule has 0 unspecified atom stereocenters. The molecular weight excluding hydrogens is 542 g/mol.